The minimum atomic E-state index is -0.215. The number of aromatic nitrogens is 4. The van der Waals surface area contributed by atoms with Crippen LogP contribution in [0.15, 0.2) is 88.8 Å². The van der Waals surface area contributed by atoms with Crippen molar-refractivity contribution in [2.24, 2.45) is 0 Å². The van der Waals surface area contributed by atoms with Gasteiger partial charge in [-0.25, -0.2) is 9.97 Å². The van der Waals surface area contributed by atoms with E-state index in [0.717, 1.165) is 21.8 Å². The maximum Gasteiger partial charge on any atom is 0.255 e. The number of nitrogens with zero attached hydrogens (tertiary/aromatic N) is 2. The van der Waals surface area contributed by atoms with E-state index in [1.807, 2.05) is 60.7 Å². The minimum absolute atomic E-state index is 0.205. The first kappa shape index (κ1) is 21.7. The van der Waals surface area contributed by atoms with Crippen molar-refractivity contribution in [3.63, 3.8) is 0 Å². The van der Waals surface area contributed by atoms with Gasteiger partial charge in [-0.1, -0.05) is 54.2 Å². The highest BCUT2D eigenvalue weighted by Gasteiger charge is 2.13. The Hall–Kier alpha value is -4.17. The number of para-hydroxylation sites is 2. The standard InChI is InChI=1S/C26H21N5O2S/c1-16-13-23(32)31-24(27-16)17-8-6-9-19(14-17)28-25(33)20-10-3-2-7-18(20)15-34-26-29-21-11-4-5-12-22(21)30-26/h2-14H,15H2,1H3,(H,28,33)(H,29,30)(H,27,31,32). The van der Waals surface area contributed by atoms with E-state index >= 15 is 0 Å². The van der Waals surface area contributed by atoms with Crippen LogP contribution in [0.4, 0.5) is 5.69 Å². The van der Waals surface area contributed by atoms with Crippen molar-refractivity contribution in [3.05, 3.63) is 106 Å². The number of thioether (sulfide) groups is 1. The second-order valence-electron chi connectivity index (χ2n) is 7.78. The first-order valence-corrected chi connectivity index (χ1v) is 11.7. The molecule has 0 saturated carbocycles. The maximum atomic E-state index is 13.1. The molecule has 2 aromatic heterocycles. The lowest BCUT2D eigenvalue weighted by atomic mass is 10.1. The van der Waals surface area contributed by atoms with E-state index < -0.39 is 0 Å². The second kappa shape index (κ2) is 9.36. The molecule has 168 valence electrons. The number of aryl methyl sites for hydroxylation is 1. The molecule has 0 spiro atoms. The third-order valence-corrected chi connectivity index (χ3v) is 6.18. The van der Waals surface area contributed by atoms with Gasteiger partial charge in [-0.05, 0) is 42.8 Å². The molecule has 0 atom stereocenters. The molecule has 5 aromatic rings. The number of H-pyrrole nitrogens is 2. The van der Waals surface area contributed by atoms with Gasteiger partial charge in [-0.2, -0.15) is 0 Å². The fourth-order valence-corrected chi connectivity index (χ4v) is 4.56. The quantitative estimate of drug-likeness (QED) is 0.299. The summed E-state index contributed by atoms with van der Waals surface area (Å²) in [5, 5.41) is 3.78. The Labute approximate surface area is 199 Å². The average molecular weight is 468 g/mol. The van der Waals surface area contributed by atoms with Crippen LogP contribution in [0.25, 0.3) is 22.4 Å². The summed E-state index contributed by atoms with van der Waals surface area (Å²) in [7, 11) is 0. The SMILES string of the molecule is Cc1cc(=O)[nH]c(-c2cccc(NC(=O)c3ccccc3CSc3nc4ccccc4[nH]3)c2)n1. The van der Waals surface area contributed by atoms with Crippen molar-refractivity contribution < 1.29 is 4.79 Å². The van der Waals surface area contributed by atoms with Crippen molar-refractivity contribution in [2.45, 2.75) is 17.8 Å². The van der Waals surface area contributed by atoms with Gasteiger partial charge in [0, 0.05) is 34.3 Å². The fraction of sp³-hybridized carbons (Fsp3) is 0.0769. The number of imidazole rings is 1. The molecule has 0 fully saturated rings. The number of carbonyl (C=O) groups is 1. The largest absolute Gasteiger partial charge is 0.333 e. The van der Waals surface area contributed by atoms with Crippen LogP contribution in [-0.4, -0.2) is 25.8 Å². The van der Waals surface area contributed by atoms with Crippen LogP contribution in [-0.2, 0) is 5.75 Å². The van der Waals surface area contributed by atoms with Crippen molar-refractivity contribution in [3.8, 4) is 11.4 Å². The number of nitrogens with one attached hydrogen (secondary N) is 3. The minimum Gasteiger partial charge on any atom is -0.333 e. The molecule has 3 aromatic carbocycles. The Kier molecular flexibility index (Phi) is 5.97. The fourth-order valence-electron chi connectivity index (χ4n) is 3.67. The Balaban J connectivity index is 1.34. The number of aromatic amines is 2. The molecule has 8 heteroatoms. The number of anilines is 1. The molecular weight excluding hydrogens is 446 g/mol. The molecule has 5 rings (SSSR count). The number of rotatable bonds is 6. The van der Waals surface area contributed by atoms with Gasteiger partial charge < -0.3 is 15.3 Å². The number of fused-ring (bicyclic) bond motifs is 1. The van der Waals surface area contributed by atoms with Gasteiger partial charge >= 0.3 is 0 Å². The second-order valence-corrected chi connectivity index (χ2v) is 8.74. The molecule has 0 radical (unpaired) electrons. The van der Waals surface area contributed by atoms with Gasteiger partial charge in [-0.3, -0.25) is 9.59 Å². The summed E-state index contributed by atoms with van der Waals surface area (Å²) in [4.78, 5) is 40.0. The predicted molar refractivity (Wildman–Crippen MR) is 135 cm³/mol. The zero-order chi connectivity index (χ0) is 23.5. The molecular formula is C26H21N5O2S. The summed E-state index contributed by atoms with van der Waals surface area (Å²) >= 11 is 1.55. The third kappa shape index (κ3) is 4.77. The first-order chi connectivity index (χ1) is 16.5. The summed E-state index contributed by atoms with van der Waals surface area (Å²) in [6.07, 6.45) is 0. The number of hydrogen-bond donors (Lipinski definition) is 3. The lowest BCUT2D eigenvalue weighted by Crippen LogP contribution is -2.14. The summed E-state index contributed by atoms with van der Waals surface area (Å²) in [6, 6.07) is 24.1. The predicted octanol–water partition coefficient (Wildman–Crippen LogP) is 5.17. The van der Waals surface area contributed by atoms with E-state index in [0.29, 0.717) is 34.1 Å². The Morgan fingerprint density at radius 1 is 0.941 bits per heavy atom. The summed E-state index contributed by atoms with van der Waals surface area (Å²) in [5.41, 5.74) is 5.15. The van der Waals surface area contributed by atoms with Crippen LogP contribution in [0.2, 0.25) is 0 Å². The third-order valence-electron chi connectivity index (χ3n) is 5.26. The highest BCUT2D eigenvalue weighted by molar-refractivity contribution is 7.98. The topological polar surface area (TPSA) is 104 Å². The highest BCUT2D eigenvalue weighted by Crippen LogP contribution is 2.25. The van der Waals surface area contributed by atoms with Gasteiger partial charge in [0.25, 0.3) is 11.5 Å². The van der Waals surface area contributed by atoms with Crippen LogP contribution >= 0.6 is 11.8 Å². The van der Waals surface area contributed by atoms with Gasteiger partial charge in [-0.15, -0.1) is 0 Å². The van der Waals surface area contributed by atoms with Crippen molar-refractivity contribution in [1.82, 2.24) is 19.9 Å². The maximum absolute atomic E-state index is 13.1. The monoisotopic (exact) mass is 467 g/mol. The lowest BCUT2D eigenvalue weighted by molar-refractivity contribution is 0.102. The van der Waals surface area contributed by atoms with E-state index in [1.54, 1.807) is 30.8 Å². The van der Waals surface area contributed by atoms with Crippen LogP contribution in [0.1, 0.15) is 21.6 Å². The highest BCUT2D eigenvalue weighted by atomic mass is 32.2. The zero-order valence-electron chi connectivity index (χ0n) is 18.3. The van der Waals surface area contributed by atoms with Crippen molar-refractivity contribution in [1.29, 1.82) is 0 Å². The molecule has 0 aliphatic carbocycles. The Morgan fingerprint density at radius 2 is 1.76 bits per heavy atom. The molecule has 7 nitrogen and oxygen atoms in total. The Bertz CT molecular complexity index is 1520. The van der Waals surface area contributed by atoms with Crippen LogP contribution in [0.5, 0.6) is 0 Å². The number of carbonyl (C=O) groups excluding carboxylic acids is 1. The average Bonchev–Trinajstić information content (AvgIpc) is 3.25. The Morgan fingerprint density at radius 3 is 2.62 bits per heavy atom. The smallest absolute Gasteiger partial charge is 0.255 e. The molecule has 0 unspecified atom stereocenters. The molecule has 2 heterocycles. The van der Waals surface area contributed by atoms with Gasteiger partial charge in [0.2, 0.25) is 0 Å². The van der Waals surface area contributed by atoms with E-state index in [4.69, 9.17) is 0 Å². The van der Waals surface area contributed by atoms with Crippen LogP contribution < -0.4 is 10.9 Å². The van der Waals surface area contributed by atoms with Gasteiger partial charge in [0.15, 0.2) is 5.16 Å². The molecule has 1 amide bonds. The number of benzene rings is 3. The van der Waals surface area contributed by atoms with Crippen molar-refractivity contribution in [2.75, 3.05) is 5.32 Å². The molecule has 0 aliphatic heterocycles. The van der Waals surface area contributed by atoms with Crippen LogP contribution in [0, 0.1) is 6.92 Å². The molecule has 3 N–H and O–H groups in total. The summed E-state index contributed by atoms with van der Waals surface area (Å²) in [5.74, 6) is 0.852. The first-order valence-electron chi connectivity index (χ1n) is 10.7. The van der Waals surface area contributed by atoms with E-state index in [-0.39, 0.29) is 11.5 Å². The summed E-state index contributed by atoms with van der Waals surface area (Å²) < 4.78 is 0. The zero-order valence-corrected chi connectivity index (χ0v) is 19.1. The number of amides is 1. The normalized spacial score (nSPS) is 11.0. The number of hydrogen-bond acceptors (Lipinski definition) is 5. The van der Waals surface area contributed by atoms with Gasteiger partial charge in [0.05, 0.1) is 11.0 Å². The van der Waals surface area contributed by atoms with Gasteiger partial charge in [0.1, 0.15) is 5.82 Å². The van der Waals surface area contributed by atoms with E-state index in [1.165, 1.54) is 6.07 Å². The van der Waals surface area contributed by atoms with Crippen molar-refractivity contribution >= 4 is 34.4 Å². The molecule has 0 aliphatic rings. The summed E-state index contributed by atoms with van der Waals surface area (Å²) in [6.45, 7) is 1.77. The van der Waals surface area contributed by atoms with E-state index in [9.17, 15) is 9.59 Å². The molecule has 0 bridgehead atoms. The van der Waals surface area contributed by atoms with E-state index in [2.05, 4.69) is 25.3 Å². The van der Waals surface area contributed by atoms with Crippen LogP contribution in [0.3, 0.4) is 0 Å². The lowest BCUT2D eigenvalue weighted by Gasteiger charge is -2.11. The molecule has 34 heavy (non-hydrogen) atoms. The molecule has 0 saturated heterocycles.